The fraction of sp³-hybridized carbons (Fsp3) is 0.0526. The van der Waals surface area contributed by atoms with E-state index in [9.17, 15) is 4.79 Å². The van der Waals surface area contributed by atoms with Gasteiger partial charge in [-0.25, -0.2) is 9.97 Å². The highest BCUT2D eigenvalue weighted by Gasteiger charge is 2.10. The molecule has 1 amide bonds. The van der Waals surface area contributed by atoms with Crippen LogP contribution in [0.25, 0.3) is 0 Å². The van der Waals surface area contributed by atoms with Crippen LogP contribution in [0, 0.1) is 18.3 Å². The fourth-order valence-corrected chi connectivity index (χ4v) is 2.43. The molecule has 0 unspecified atom stereocenters. The highest BCUT2D eigenvalue weighted by Crippen LogP contribution is 2.25. The van der Waals surface area contributed by atoms with Crippen molar-refractivity contribution >= 4 is 34.7 Å². The molecule has 1 aromatic heterocycles. The second-order valence-corrected chi connectivity index (χ2v) is 5.88. The van der Waals surface area contributed by atoms with Crippen molar-refractivity contribution in [2.45, 2.75) is 6.92 Å². The highest BCUT2D eigenvalue weighted by molar-refractivity contribution is 6.31. The van der Waals surface area contributed by atoms with E-state index in [0.717, 1.165) is 11.3 Å². The zero-order valence-electron chi connectivity index (χ0n) is 13.8. The minimum Gasteiger partial charge on any atom is -0.340 e. The Morgan fingerprint density at radius 2 is 1.92 bits per heavy atom. The largest absolute Gasteiger partial charge is 0.340 e. The van der Waals surface area contributed by atoms with Crippen LogP contribution in [0.1, 0.15) is 21.6 Å². The maximum Gasteiger partial charge on any atom is 0.274 e. The first-order chi connectivity index (χ1) is 12.6. The van der Waals surface area contributed by atoms with Crippen LogP contribution < -0.4 is 10.6 Å². The van der Waals surface area contributed by atoms with E-state index >= 15 is 0 Å². The Morgan fingerprint density at radius 3 is 2.65 bits per heavy atom. The number of nitrogens with one attached hydrogen (secondary N) is 2. The lowest BCUT2D eigenvalue weighted by Gasteiger charge is -2.10. The first-order valence-electron chi connectivity index (χ1n) is 7.72. The van der Waals surface area contributed by atoms with Crippen molar-refractivity contribution in [2.24, 2.45) is 0 Å². The zero-order chi connectivity index (χ0) is 18.5. The predicted molar refractivity (Wildman–Crippen MR) is 101 cm³/mol. The molecule has 0 aliphatic rings. The molecule has 0 spiro atoms. The number of carbonyl (C=O) groups is 1. The van der Waals surface area contributed by atoms with Gasteiger partial charge in [0.15, 0.2) is 0 Å². The monoisotopic (exact) mass is 363 g/mol. The summed E-state index contributed by atoms with van der Waals surface area (Å²) in [6.07, 6.45) is 1.32. The molecule has 0 fully saturated rings. The third kappa shape index (κ3) is 3.97. The molecule has 2 aromatic carbocycles. The number of halogens is 1. The van der Waals surface area contributed by atoms with Crippen LogP contribution in [-0.4, -0.2) is 15.9 Å². The third-order valence-electron chi connectivity index (χ3n) is 3.70. The van der Waals surface area contributed by atoms with Crippen molar-refractivity contribution in [3.05, 3.63) is 76.7 Å². The Kier molecular flexibility index (Phi) is 5.11. The molecule has 0 atom stereocenters. The molecule has 128 valence electrons. The van der Waals surface area contributed by atoms with Crippen LogP contribution in [-0.2, 0) is 0 Å². The number of amides is 1. The van der Waals surface area contributed by atoms with Crippen molar-refractivity contribution < 1.29 is 4.79 Å². The fourth-order valence-electron chi connectivity index (χ4n) is 2.25. The topological polar surface area (TPSA) is 90.7 Å². The Hall–Kier alpha value is -3.43. The molecule has 0 aliphatic carbocycles. The Morgan fingerprint density at radius 1 is 1.15 bits per heavy atom. The Labute approximate surface area is 155 Å². The van der Waals surface area contributed by atoms with Crippen molar-refractivity contribution in [2.75, 3.05) is 10.6 Å². The molecule has 7 heteroatoms. The van der Waals surface area contributed by atoms with Gasteiger partial charge in [0.1, 0.15) is 17.8 Å². The summed E-state index contributed by atoms with van der Waals surface area (Å²) in [5, 5.41) is 15.3. The number of benzene rings is 2. The molecule has 26 heavy (non-hydrogen) atoms. The molecule has 0 saturated carbocycles. The number of rotatable bonds is 4. The van der Waals surface area contributed by atoms with Gasteiger partial charge in [0.2, 0.25) is 0 Å². The molecule has 3 rings (SSSR count). The van der Waals surface area contributed by atoms with Crippen LogP contribution in [0.2, 0.25) is 5.02 Å². The summed E-state index contributed by atoms with van der Waals surface area (Å²) in [4.78, 5) is 20.5. The van der Waals surface area contributed by atoms with Gasteiger partial charge < -0.3 is 10.6 Å². The lowest BCUT2D eigenvalue weighted by atomic mass is 10.2. The first kappa shape index (κ1) is 17.4. The van der Waals surface area contributed by atoms with E-state index in [4.69, 9.17) is 16.9 Å². The van der Waals surface area contributed by atoms with E-state index < -0.39 is 0 Å². The molecule has 3 aromatic rings. The van der Waals surface area contributed by atoms with Crippen molar-refractivity contribution in [1.29, 1.82) is 5.26 Å². The quantitative estimate of drug-likeness (QED) is 0.720. The summed E-state index contributed by atoms with van der Waals surface area (Å²) in [7, 11) is 0. The van der Waals surface area contributed by atoms with Crippen LogP contribution in [0.15, 0.2) is 54.9 Å². The third-order valence-corrected chi connectivity index (χ3v) is 4.11. The number of anilines is 3. The van der Waals surface area contributed by atoms with Gasteiger partial charge in [-0.1, -0.05) is 17.7 Å². The van der Waals surface area contributed by atoms with Gasteiger partial charge in [-0.15, -0.1) is 0 Å². The number of nitriles is 1. The maximum absolute atomic E-state index is 12.4. The number of hydrogen-bond acceptors (Lipinski definition) is 5. The molecule has 0 radical (unpaired) electrons. The molecule has 1 heterocycles. The van der Waals surface area contributed by atoms with Gasteiger partial charge in [0, 0.05) is 22.5 Å². The van der Waals surface area contributed by atoms with Crippen molar-refractivity contribution in [3.8, 4) is 6.07 Å². The minimum atomic E-state index is -0.372. The summed E-state index contributed by atoms with van der Waals surface area (Å²) in [6, 6.07) is 15.7. The van der Waals surface area contributed by atoms with E-state index in [1.54, 1.807) is 36.4 Å². The van der Waals surface area contributed by atoms with Gasteiger partial charge in [-0.2, -0.15) is 5.26 Å². The number of hydrogen-bond donors (Lipinski definition) is 2. The smallest absolute Gasteiger partial charge is 0.274 e. The van der Waals surface area contributed by atoms with Gasteiger partial charge in [0.05, 0.1) is 11.6 Å². The Bertz CT molecular complexity index is 996. The average molecular weight is 364 g/mol. The molecule has 6 nitrogen and oxygen atoms in total. The normalized spacial score (nSPS) is 10.0. The second kappa shape index (κ2) is 7.64. The zero-order valence-corrected chi connectivity index (χ0v) is 14.6. The van der Waals surface area contributed by atoms with Crippen LogP contribution in [0.3, 0.4) is 0 Å². The van der Waals surface area contributed by atoms with E-state index in [2.05, 4.69) is 20.6 Å². The van der Waals surface area contributed by atoms with Gasteiger partial charge in [-0.05, 0) is 48.9 Å². The molecule has 0 aliphatic heterocycles. The van der Waals surface area contributed by atoms with Crippen molar-refractivity contribution in [1.82, 2.24) is 9.97 Å². The summed E-state index contributed by atoms with van der Waals surface area (Å²) in [6.45, 7) is 1.89. The van der Waals surface area contributed by atoms with Crippen LogP contribution in [0.5, 0.6) is 0 Å². The lowest BCUT2D eigenvalue weighted by molar-refractivity contribution is 0.102. The summed E-state index contributed by atoms with van der Waals surface area (Å²) in [5.41, 5.74) is 3.00. The van der Waals surface area contributed by atoms with Gasteiger partial charge in [0.25, 0.3) is 5.91 Å². The summed E-state index contributed by atoms with van der Waals surface area (Å²) < 4.78 is 0. The Balaban J connectivity index is 1.76. The highest BCUT2D eigenvalue weighted by atomic mass is 35.5. The van der Waals surface area contributed by atoms with E-state index in [1.807, 2.05) is 25.1 Å². The first-order valence-corrected chi connectivity index (χ1v) is 8.10. The van der Waals surface area contributed by atoms with E-state index in [0.29, 0.717) is 22.1 Å². The molecule has 2 N–H and O–H groups in total. The molecule has 0 bridgehead atoms. The molecule has 0 saturated heterocycles. The second-order valence-electron chi connectivity index (χ2n) is 5.47. The summed E-state index contributed by atoms with van der Waals surface area (Å²) >= 11 is 6.12. The maximum atomic E-state index is 12.4. The molecular formula is C19H14ClN5O. The van der Waals surface area contributed by atoms with Crippen LogP contribution >= 0.6 is 11.6 Å². The van der Waals surface area contributed by atoms with Gasteiger partial charge in [-0.3, -0.25) is 4.79 Å². The van der Waals surface area contributed by atoms with E-state index in [1.165, 1.54) is 6.33 Å². The standard InChI is InChI=1S/C19H14ClN5O/c1-12-15(20)3-2-4-16(12)25-18-9-17(22-11-23-18)19(26)24-14-7-5-13(10-21)6-8-14/h2-9,11H,1H3,(H,24,26)(H,22,23,25). The van der Waals surface area contributed by atoms with Crippen molar-refractivity contribution in [3.63, 3.8) is 0 Å². The number of nitrogens with zero attached hydrogens (tertiary/aromatic N) is 3. The average Bonchev–Trinajstić information content (AvgIpc) is 2.66. The summed E-state index contributed by atoms with van der Waals surface area (Å²) in [5.74, 6) is 0.110. The minimum absolute atomic E-state index is 0.214. The lowest BCUT2D eigenvalue weighted by Crippen LogP contribution is -2.14. The molecular weight excluding hydrogens is 350 g/mol. The van der Waals surface area contributed by atoms with Gasteiger partial charge >= 0.3 is 0 Å². The predicted octanol–water partition coefficient (Wildman–Crippen LogP) is 4.31. The van der Waals surface area contributed by atoms with E-state index in [-0.39, 0.29) is 11.6 Å². The number of carbonyl (C=O) groups excluding carboxylic acids is 1. The van der Waals surface area contributed by atoms with Crippen LogP contribution in [0.4, 0.5) is 17.2 Å². The SMILES string of the molecule is Cc1c(Cl)cccc1Nc1cc(C(=O)Nc2ccc(C#N)cc2)ncn1. The number of aromatic nitrogens is 2.